The lowest BCUT2D eigenvalue weighted by Crippen LogP contribution is -2.44. The molecule has 2 fully saturated rings. The number of aliphatic hydroxyl groups is 1. The van der Waals surface area contributed by atoms with E-state index in [1.807, 2.05) is 6.07 Å². The zero-order chi connectivity index (χ0) is 32.9. The van der Waals surface area contributed by atoms with Gasteiger partial charge in [0.25, 0.3) is 5.91 Å². The van der Waals surface area contributed by atoms with Gasteiger partial charge < -0.3 is 35.1 Å². The first kappa shape index (κ1) is 29.4. The van der Waals surface area contributed by atoms with Crippen LogP contribution >= 0.6 is 0 Å². The number of pyridine rings is 2. The molecular weight excluding hydrogens is 616 g/mol. The van der Waals surface area contributed by atoms with Crippen molar-refractivity contribution in [2.24, 2.45) is 11.7 Å². The quantitative estimate of drug-likeness (QED) is 0.246. The molecule has 2 atom stereocenters. The number of rotatable bonds is 9. The Morgan fingerprint density at radius 2 is 1.89 bits per heavy atom. The molecule has 244 valence electrons. The Morgan fingerprint density at radius 3 is 2.60 bits per heavy atom. The molecule has 4 aromatic rings. The topological polar surface area (TPSA) is 160 Å². The highest BCUT2D eigenvalue weighted by Crippen LogP contribution is 2.51. The van der Waals surface area contributed by atoms with Crippen LogP contribution in [0.2, 0.25) is 0 Å². The number of ether oxygens (including phenoxy) is 4. The van der Waals surface area contributed by atoms with Crippen LogP contribution in [-0.4, -0.2) is 58.1 Å². The van der Waals surface area contributed by atoms with E-state index in [-0.39, 0.29) is 47.7 Å². The average molecular weight is 648 g/mol. The maximum atomic E-state index is 13.8. The highest BCUT2D eigenvalue weighted by atomic mass is 19.3. The predicted molar refractivity (Wildman–Crippen MR) is 161 cm³/mol. The summed E-state index contributed by atoms with van der Waals surface area (Å²) < 4.78 is 49.9. The van der Waals surface area contributed by atoms with Gasteiger partial charge in [-0.2, -0.15) is 5.10 Å². The van der Waals surface area contributed by atoms with E-state index in [9.17, 15) is 23.5 Å². The van der Waals surface area contributed by atoms with Crippen LogP contribution in [0.25, 0.3) is 16.8 Å². The summed E-state index contributed by atoms with van der Waals surface area (Å²) in [7, 11) is 1.51. The number of carbonyl (C=O) groups is 2. The summed E-state index contributed by atoms with van der Waals surface area (Å²) in [5.41, 5.74) is 5.96. The number of aromatic nitrogens is 3. The number of nitrogens with two attached hydrogens (primary N) is 1. The summed E-state index contributed by atoms with van der Waals surface area (Å²) in [6.07, 6.45) is -0.332. The number of carbonyl (C=O) groups excluding carboxylic acids is 2. The van der Waals surface area contributed by atoms with Crippen molar-refractivity contribution in [2.75, 3.05) is 20.3 Å². The first-order valence-electron chi connectivity index (χ1n) is 15.4. The van der Waals surface area contributed by atoms with Crippen LogP contribution < -0.4 is 30.0 Å². The maximum absolute atomic E-state index is 13.8. The largest absolute Gasteiger partial charge is 0.586 e. The van der Waals surface area contributed by atoms with E-state index in [0.717, 1.165) is 18.5 Å². The van der Waals surface area contributed by atoms with Crippen molar-refractivity contribution in [1.82, 2.24) is 19.9 Å². The van der Waals surface area contributed by atoms with Crippen LogP contribution in [-0.2, 0) is 15.8 Å². The maximum Gasteiger partial charge on any atom is 0.586 e. The first-order valence-corrected chi connectivity index (χ1v) is 15.4. The third-order valence-electron chi connectivity index (χ3n) is 9.52. The fourth-order valence-corrected chi connectivity index (χ4v) is 6.37. The van der Waals surface area contributed by atoms with Gasteiger partial charge in [0.2, 0.25) is 11.8 Å². The van der Waals surface area contributed by atoms with E-state index in [0.29, 0.717) is 46.8 Å². The average Bonchev–Trinajstić information content (AvgIpc) is 3.97. The molecule has 3 aromatic heterocycles. The Labute approximate surface area is 266 Å². The highest BCUT2D eigenvalue weighted by molar-refractivity contribution is 5.96. The lowest BCUT2D eigenvalue weighted by Gasteiger charge is -2.30. The van der Waals surface area contributed by atoms with E-state index in [4.69, 9.17) is 20.2 Å². The van der Waals surface area contributed by atoms with Crippen LogP contribution in [0, 0.1) is 5.92 Å². The van der Waals surface area contributed by atoms with Gasteiger partial charge >= 0.3 is 6.29 Å². The van der Waals surface area contributed by atoms with Gasteiger partial charge in [-0.3, -0.25) is 9.59 Å². The molecule has 0 bridgehead atoms. The molecule has 2 saturated carbocycles. The van der Waals surface area contributed by atoms with Gasteiger partial charge in [-0.25, -0.2) is 9.50 Å². The number of nitrogens with zero attached hydrogens (tertiary/aromatic N) is 3. The van der Waals surface area contributed by atoms with E-state index in [1.165, 1.54) is 25.3 Å². The van der Waals surface area contributed by atoms with Crippen molar-refractivity contribution in [2.45, 2.75) is 55.8 Å². The van der Waals surface area contributed by atoms with Crippen molar-refractivity contribution < 1.29 is 42.4 Å². The molecule has 2 amide bonds. The fraction of sp³-hybridized carbons (Fsp3) is 0.394. The van der Waals surface area contributed by atoms with Crippen molar-refractivity contribution in [3.8, 4) is 34.4 Å². The number of halogens is 2. The van der Waals surface area contributed by atoms with Gasteiger partial charge in [0.1, 0.15) is 29.1 Å². The van der Waals surface area contributed by atoms with Gasteiger partial charge in [0, 0.05) is 28.7 Å². The third-order valence-corrected chi connectivity index (χ3v) is 9.52. The smallest absolute Gasteiger partial charge is 0.489 e. The van der Waals surface area contributed by atoms with Crippen LogP contribution in [0.4, 0.5) is 8.78 Å². The monoisotopic (exact) mass is 647 g/mol. The number of alkyl halides is 2. The Hall–Kier alpha value is -4.98. The molecule has 2 aliphatic heterocycles. The molecule has 14 heteroatoms. The van der Waals surface area contributed by atoms with Crippen molar-refractivity contribution in [3.63, 3.8) is 0 Å². The molecule has 5 heterocycles. The molecule has 1 unspecified atom stereocenters. The van der Waals surface area contributed by atoms with Crippen molar-refractivity contribution in [1.29, 1.82) is 0 Å². The second-order valence-electron chi connectivity index (χ2n) is 12.9. The van der Waals surface area contributed by atoms with Gasteiger partial charge in [-0.05, 0) is 74.9 Å². The zero-order valence-corrected chi connectivity index (χ0v) is 25.5. The predicted octanol–water partition coefficient (Wildman–Crippen LogP) is 3.77. The molecule has 0 spiro atoms. The normalized spacial score (nSPS) is 22.0. The summed E-state index contributed by atoms with van der Waals surface area (Å²) in [5, 5.41) is 19.8. The lowest BCUT2D eigenvalue weighted by molar-refractivity contribution is -0.286. The second kappa shape index (κ2) is 10.0. The van der Waals surface area contributed by atoms with Crippen LogP contribution in [0.15, 0.2) is 42.5 Å². The van der Waals surface area contributed by atoms with Crippen molar-refractivity contribution >= 4 is 17.3 Å². The summed E-state index contributed by atoms with van der Waals surface area (Å²) >= 11 is 0. The van der Waals surface area contributed by atoms with Crippen LogP contribution in [0.5, 0.6) is 23.1 Å². The number of fused-ring (bicyclic) bond motifs is 3. The number of hydrogen-bond acceptors (Lipinski definition) is 9. The minimum Gasteiger partial charge on any atom is -0.489 e. The molecule has 0 saturated heterocycles. The van der Waals surface area contributed by atoms with Crippen molar-refractivity contribution in [3.05, 3.63) is 65.0 Å². The van der Waals surface area contributed by atoms with E-state index < -0.39 is 29.1 Å². The first-order chi connectivity index (χ1) is 22.4. The molecule has 2 aliphatic carbocycles. The van der Waals surface area contributed by atoms with E-state index in [1.54, 1.807) is 29.6 Å². The highest BCUT2D eigenvalue weighted by Gasteiger charge is 2.50. The zero-order valence-electron chi connectivity index (χ0n) is 25.5. The number of benzene rings is 1. The molecule has 1 aromatic carbocycles. The van der Waals surface area contributed by atoms with Gasteiger partial charge in [0.15, 0.2) is 11.5 Å². The van der Waals surface area contributed by atoms with Crippen LogP contribution in [0.1, 0.15) is 65.8 Å². The molecular formula is C33H31F2N5O7. The minimum atomic E-state index is -3.82. The molecule has 12 nitrogen and oxygen atoms in total. The molecule has 8 rings (SSSR count). The summed E-state index contributed by atoms with van der Waals surface area (Å²) in [5.74, 6) is -0.666. The fourth-order valence-electron chi connectivity index (χ4n) is 6.37. The molecule has 0 radical (unpaired) electrons. The minimum absolute atomic E-state index is 0.0849. The van der Waals surface area contributed by atoms with Gasteiger partial charge in [0.05, 0.1) is 30.6 Å². The standard InChI is InChI=1S/C33H31F2N5O7/c1-31(30(36)42)15-45-28-21(31)13-25(38-27(28)17-5-8-23-24(10-17)47-33(34,35)46-23)32(43,19-6-7-19)14-37-29(41)18-9-20-12-22(16-3-4-16)39-40(20)26(11-18)44-2/h5,8-13,16,19,43H,3-4,6-7,14-15H2,1-2H3,(H2,36,42)(H,37,41)/t31-,32?/m0/s1. The van der Waals surface area contributed by atoms with E-state index >= 15 is 0 Å². The Bertz CT molecular complexity index is 1990. The molecule has 47 heavy (non-hydrogen) atoms. The Kier molecular flexibility index (Phi) is 6.27. The Morgan fingerprint density at radius 1 is 1.13 bits per heavy atom. The number of primary amides is 1. The SMILES string of the molecule is COc1cc(C(=O)NCC(O)(c2cc3c(c(-c4ccc5c(c4)OC(F)(F)O5)n2)OC[C@]3(C)C(N)=O)C2CC2)cc2cc(C3CC3)nn12. The summed E-state index contributed by atoms with van der Waals surface area (Å²) in [4.78, 5) is 31.0. The summed E-state index contributed by atoms with van der Waals surface area (Å²) in [6.45, 7) is 1.34. The number of nitrogens with one attached hydrogen (secondary N) is 1. The number of amides is 2. The third kappa shape index (κ3) is 4.80. The summed E-state index contributed by atoms with van der Waals surface area (Å²) in [6, 6.07) is 11.0. The number of methoxy groups -OCH3 is 1. The van der Waals surface area contributed by atoms with Gasteiger partial charge in [-0.1, -0.05) is 0 Å². The lowest BCUT2D eigenvalue weighted by atomic mass is 9.81. The molecule has 4 N–H and O–H groups in total. The second-order valence-corrected chi connectivity index (χ2v) is 12.9. The van der Waals surface area contributed by atoms with Crippen LogP contribution in [0.3, 0.4) is 0 Å². The Balaban J connectivity index is 1.16. The molecule has 4 aliphatic rings. The van der Waals surface area contributed by atoms with Gasteiger partial charge in [-0.15, -0.1) is 8.78 Å². The number of hydrogen-bond donors (Lipinski definition) is 3. The van der Waals surface area contributed by atoms with E-state index in [2.05, 4.69) is 19.9 Å².